The van der Waals surface area contributed by atoms with Crippen molar-refractivity contribution < 1.29 is 4.79 Å². The zero-order valence-corrected chi connectivity index (χ0v) is 19.4. The van der Waals surface area contributed by atoms with Gasteiger partial charge in [0.1, 0.15) is 16.7 Å². The van der Waals surface area contributed by atoms with Crippen LogP contribution in [-0.4, -0.2) is 25.4 Å². The number of nitrogen functional groups attached to an aromatic ring is 2. The van der Waals surface area contributed by atoms with Gasteiger partial charge in [-0.05, 0) is 36.8 Å². The predicted octanol–water partition coefficient (Wildman–Crippen LogP) is 3.31. The number of aromatic nitrogens is 4. The average Bonchev–Trinajstić information content (AvgIpc) is 2.80. The fourth-order valence-electron chi connectivity index (χ4n) is 3.58. The molecule has 1 unspecified atom stereocenters. The number of hydrogen-bond donors (Lipinski definition) is 4. The van der Waals surface area contributed by atoms with Crippen LogP contribution < -0.4 is 28.1 Å². The van der Waals surface area contributed by atoms with Crippen molar-refractivity contribution in [2.75, 3.05) is 16.8 Å². The van der Waals surface area contributed by atoms with Crippen LogP contribution in [0.5, 0.6) is 0 Å². The van der Waals surface area contributed by atoms with Gasteiger partial charge in [0.2, 0.25) is 11.9 Å². The molecule has 0 saturated carbocycles. The summed E-state index contributed by atoms with van der Waals surface area (Å²) in [4.78, 5) is 38.2. The number of hydrogen-bond acceptors (Lipinski definition) is 8. The van der Waals surface area contributed by atoms with Crippen LogP contribution in [0.4, 0.5) is 17.6 Å². The highest BCUT2D eigenvalue weighted by Crippen LogP contribution is 2.31. The van der Waals surface area contributed by atoms with E-state index in [1.54, 1.807) is 36.4 Å². The summed E-state index contributed by atoms with van der Waals surface area (Å²) in [6.07, 6.45) is 0.466. The Morgan fingerprint density at radius 2 is 1.85 bits per heavy atom. The van der Waals surface area contributed by atoms with Gasteiger partial charge in [-0.25, -0.2) is 4.98 Å². The van der Waals surface area contributed by atoms with Gasteiger partial charge in [0.15, 0.2) is 5.82 Å². The van der Waals surface area contributed by atoms with Gasteiger partial charge in [0.25, 0.3) is 5.56 Å². The van der Waals surface area contributed by atoms with E-state index in [9.17, 15) is 9.59 Å². The second-order valence-electron chi connectivity index (χ2n) is 7.39. The standard InChI is InChI=1S/C22H20Cl2N8O2/c1-2-13(28-19-16(24)17(25)30-22(27)31-19)20-29-14-8-4-7-12(23)15(14)21(34)32(20)11-6-3-5-10(9-11)18(26)33/h3-9,13H,2H2,1H3,(H2,26,33)(H5,25,27,28,30,31). The highest BCUT2D eigenvalue weighted by molar-refractivity contribution is 6.35. The van der Waals surface area contributed by atoms with Crippen molar-refractivity contribution in [2.24, 2.45) is 5.73 Å². The molecule has 0 aliphatic heterocycles. The van der Waals surface area contributed by atoms with E-state index in [1.165, 1.54) is 10.6 Å². The Morgan fingerprint density at radius 3 is 2.56 bits per heavy atom. The van der Waals surface area contributed by atoms with E-state index in [0.717, 1.165) is 0 Å². The van der Waals surface area contributed by atoms with E-state index in [0.29, 0.717) is 23.4 Å². The predicted molar refractivity (Wildman–Crippen MR) is 133 cm³/mol. The van der Waals surface area contributed by atoms with Crippen LogP contribution in [0, 0.1) is 0 Å². The quantitative estimate of drug-likeness (QED) is 0.313. The van der Waals surface area contributed by atoms with Crippen LogP contribution in [-0.2, 0) is 0 Å². The highest BCUT2D eigenvalue weighted by atomic mass is 35.5. The first-order chi connectivity index (χ1) is 16.2. The smallest absolute Gasteiger partial charge is 0.267 e. The second-order valence-corrected chi connectivity index (χ2v) is 8.18. The molecule has 0 spiro atoms. The zero-order valence-electron chi connectivity index (χ0n) is 17.9. The molecule has 1 atom stereocenters. The Labute approximate surface area is 203 Å². The van der Waals surface area contributed by atoms with Gasteiger partial charge in [0, 0.05) is 5.56 Å². The molecule has 0 radical (unpaired) electrons. The lowest BCUT2D eigenvalue weighted by atomic mass is 10.1. The minimum Gasteiger partial charge on any atom is -0.382 e. The van der Waals surface area contributed by atoms with Crippen LogP contribution in [0.1, 0.15) is 35.6 Å². The zero-order chi connectivity index (χ0) is 24.6. The Hall–Kier alpha value is -3.89. The lowest BCUT2D eigenvalue weighted by Gasteiger charge is -2.23. The van der Waals surface area contributed by atoms with E-state index in [4.69, 9.17) is 45.4 Å². The number of rotatable bonds is 6. The molecule has 2 heterocycles. The largest absolute Gasteiger partial charge is 0.382 e. The number of carbonyl (C=O) groups is 1. The van der Waals surface area contributed by atoms with Crippen molar-refractivity contribution in [3.8, 4) is 5.69 Å². The van der Waals surface area contributed by atoms with Crippen LogP contribution in [0.25, 0.3) is 16.6 Å². The van der Waals surface area contributed by atoms with E-state index < -0.39 is 17.5 Å². The number of amides is 1. The summed E-state index contributed by atoms with van der Waals surface area (Å²) in [6, 6.07) is 10.8. The molecule has 2 aromatic carbocycles. The molecular formula is C22H20Cl2N8O2. The Balaban J connectivity index is 1.99. The summed E-state index contributed by atoms with van der Waals surface area (Å²) in [7, 11) is 0. The van der Waals surface area contributed by atoms with E-state index in [1.807, 2.05) is 6.92 Å². The number of primary amides is 1. The molecule has 4 rings (SSSR count). The topological polar surface area (TPSA) is 168 Å². The molecule has 0 fully saturated rings. The van der Waals surface area contributed by atoms with Crippen molar-refractivity contribution in [3.05, 3.63) is 74.3 Å². The monoisotopic (exact) mass is 498 g/mol. The molecule has 0 bridgehead atoms. The summed E-state index contributed by atoms with van der Waals surface area (Å²) < 4.78 is 1.38. The van der Waals surface area contributed by atoms with Crippen LogP contribution in [0.15, 0.2) is 47.3 Å². The summed E-state index contributed by atoms with van der Waals surface area (Å²) in [5, 5.41) is 3.73. The Bertz CT molecular complexity index is 1490. The lowest BCUT2D eigenvalue weighted by Crippen LogP contribution is -2.29. The summed E-state index contributed by atoms with van der Waals surface area (Å²) in [5.74, 6) is -0.167. The fourth-order valence-corrected chi connectivity index (χ4v) is 3.97. The van der Waals surface area contributed by atoms with Gasteiger partial charge in [0.05, 0.1) is 27.7 Å². The number of nitrogens with one attached hydrogen (secondary N) is 1. The number of fused-ring (bicyclic) bond motifs is 1. The third-order valence-electron chi connectivity index (χ3n) is 5.19. The molecule has 0 aliphatic rings. The van der Waals surface area contributed by atoms with Gasteiger partial charge in [-0.15, -0.1) is 0 Å². The van der Waals surface area contributed by atoms with E-state index in [2.05, 4.69) is 15.3 Å². The molecule has 4 aromatic rings. The third-order valence-corrected chi connectivity index (χ3v) is 5.87. The molecule has 2 aromatic heterocycles. The van der Waals surface area contributed by atoms with Crippen molar-refractivity contribution in [3.63, 3.8) is 0 Å². The Kier molecular flexibility index (Phi) is 6.27. The van der Waals surface area contributed by atoms with Crippen molar-refractivity contribution >= 4 is 57.6 Å². The fraction of sp³-hybridized carbons (Fsp3) is 0.136. The first-order valence-electron chi connectivity index (χ1n) is 10.2. The maximum absolute atomic E-state index is 13.7. The summed E-state index contributed by atoms with van der Waals surface area (Å²) in [5.41, 5.74) is 17.6. The molecule has 10 nitrogen and oxygen atoms in total. The number of halogens is 2. The minimum absolute atomic E-state index is 0.0105. The van der Waals surface area contributed by atoms with Crippen molar-refractivity contribution in [2.45, 2.75) is 19.4 Å². The van der Waals surface area contributed by atoms with E-state index in [-0.39, 0.29) is 38.6 Å². The van der Waals surface area contributed by atoms with Gasteiger partial charge < -0.3 is 22.5 Å². The van der Waals surface area contributed by atoms with Crippen molar-refractivity contribution in [1.29, 1.82) is 0 Å². The molecule has 0 aliphatic carbocycles. The minimum atomic E-state index is -0.632. The third kappa shape index (κ3) is 4.20. The number of carbonyl (C=O) groups excluding carboxylic acids is 1. The number of nitrogens with two attached hydrogens (primary N) is 3. The van der Waals surface area contributed by atoms with Gasteiger partial charge in [-0.3, -0.25) is 14.2 Å². The number of nitrogens with zero attached hydrogens (tertiary/aromatic N) is 4. The molecule has 1 amide bonds. The number of benzene rings is 2. The average molecular weight is 499 g/mol. The Morgan fingerprint density at radius 1 is 1.12 bits per heavy atom. The summed E-state index contributed by atoms with van der Waals surface area (Å²) >= 11 is 12.6. The molecule has 174 valence electrons. The first kappa shape index (κ1) is 23.3. The molecule has 34 heavy (non-hydrogen) atoms. The first-order valence-corrected chi connectivity index (χ1v) is 10.9. The number of anilines is 3. The highest BCUT2D eigenvalue weighted by Gasteiger charge is 2.23. The molecule has 0 saturated heterocycles. The van der Waals surface area contributed by atoms with Gasteiger partial charge >= 0.3 is 0 Å². The maximum atomic E-state index is 13.7. The lowest BCUT2D eigenvalue weighted by molar-refractivity contribution is 0.1000. The van der Waals surface area contributed by atoms with Crippen LogP contribution in [0.3, 0.4) is 0 Å². The van der Waals surface area contributed by atoms with Gasteiger partial charge in [-0.1, -0.05) is 42.3 Å². The SMILES string of the molecule is CCC(Nc1nc(N)nc(N)c1Cl)c1nc2cccc(Cl)c2c(=O)n1-c1cccc(C(N)=O)c1. The summed E-state index contributed by atoms with van der Waals surface area (Å²) in [6.45, 7) is 1.89. The molecule has 12 heteroatoms. The van der Waals surface area contributed by atoms with Crippen molar-refractivity contribution in [1.82, 2.24) is 19.5 Å². The van der Waals surface area contributed by atoms with Crippen LogP contribution >= 0.6 is 23.2 Å². The second kappa shape index (κ2) is 9.16. The van der Waals surface area contributed by atoms with E-state index >= 15 is 0 Å². The molecular weight excluding hydrogens is 479 g/mol. The maximum Gasteiger partial charge on any atom is 0.267 e. The van der Waals surface area contributed by atoms with Crippen LogP contribution in [0.2, 0.25) is 10.0 Å². The van der Waals surface area contributed by atoms with Gasteiger partial charge in [-0.2, -0.15) is 9.97 Å². The molecule has 7 N–H and O–H groups in total. The normalized spacial score (nSPS) is 12.0.